The Labute approximate surface area is 85.8 Å². The van der Waals surface area contributed by atoms with Gasteiger partial charge in [0.25, 0.3) is 0 Å². The van der Waals surface area contributed by atoms with Crippen molar-refractivity contribution >= 4 is 11.8 Å². The zero-order valence-corrected chi connectivity index (χ0v) is 9.37. The summed E-state index contributed by atoms with van der Waals surface area (Å²) in [6.45, 7) is 2.87. The molecule has 78 valence electrons. The maximum absolute atomic E-state index is 5.25. The molecule has 0 heterocycles. The molecule has 0 atom stereocenters. The van der Waals surface area contributed by atoms with Crippen molar-refractivity contribution in [2.45, 2.75) is 45.1 Å². The molecule has 0 aromatic carbocycles. The van der Waals surface area contributed by atoms with Crippen LogP contribution in [0.4, 0.5) is 0 Å². The average Bonchev–Trinajstić information content (AvgIpc) is 2.19. The maximum Gasteiger partial charge on any atom is 0.0933 e. The molecule has 3 heteroatoms. The van der Waals surface area contributed by atoms with Gasteiger partial charge in [-0.05, 0) is 19.8 Å². The van der Waals surface area contributed by atoms with E-state index >= 15 is 0 Å². The van der Waals surface area contributed by atoms with Crippen LogP contribution >= 0.6 is 11.8 Å². The Morgan fingerprint density at radius 3 is 2.77 bits per heavy atom. The van der Waals surface area contributed by atoms with Gasteiger partial charge in [-0.3, -0.25) is 0 Å². The number of nitrogens with one attached hydrogen (secondary N) is 1. The van der Waals surface area contributed by atoms with Crippen molar-refractivity contribution in [3.63, 3.8) is 0 Å². The Balaban J connectivity index is 1.86. The van der Waals surface area contributed by atoms with Gasteiger partial charge in [0.15, 0.2) is 0 Å². The van der Waals surface area contributed by atoms with E-state index in [0.29, 0.717) is 0 Å². The number of hydrogen-bond donors (Lipinski definition) is 1. The molecular weight excluding hydrogens is 182 g/mol. The van der Waals surface area contributed by atoms with Gasteiger partial charge in [-0.25, -0.2) is 0 Å². The van der Waals surface area contributed by atoms with Crippen molar-refractivity contribution in [1.82, 2.24) is 5.32 Å². The van der Waals surface area contributed by atoms with Crippen molar-refractivity contribution in [3.8, 4) is 0 Å². The zero-order chi connectivity index (χ0) is 9.36. The summed E-state index contributed by atoms with van der Waals surface area (Å²) >= 11 is 1.84. The molecule has 0 saturated heterocycles. The molecule has 1 fully saturated rings. The average molecular weight is 203 g/mol. The highest BCUT2D eigenvalue weighted by atomic mass is 32.2. The summed E-state index contributed by atoms with van der Waals surface area (Å²) in [6, 6.07) is 0.780. The molecule has 1 rings (SSSR count). The largest absolute Gasteiger partial charge is 0.371 e. The van der Waals surface area contributed by atoms with Crippen LogP contribution in [0.25, 0.3) is 0 Å². The normalized spacial score (nSPS) is 19.2. The first kappa shape index (κ1) is 11.3. The quantitative estimate of drug-likeness (QED) is 0.529. The van der Waals surface area contributed by atoms with Gasteiger partial charge in [0.2, 0.25) is 0 Å². The van der Waals surface area contributed by atoms with Crippen LogP contribution in [0, 0.1) is 0 Å². The fraction of sp³-hybridized carbons (Fsp3) is 1.00. The molecule has 1 N–H and O–H groups in total. The molecule has 13 heavy (non-hydrogen) atoms. The van der Waals surface area contributed by atoms with Gasteiger partial charge in [-0.2, -0.15) is 0 Å². The molecule has 0 spiro atoms. The fourth-order valence-corrected chi connectivity index (χ4v) is 2.39. The Bertz CT molecular complexity index is 115. The van der Waals surface area contributed by atoms with E-state index in [1.807, 2.05) is 18.7 Å². The summed E-state index contributed by atoms with van der Waals surface area (Å²) < 4.78 is 5.25. The summed E-state index contributed by atoms with van der Waals surface area (Å²) in [6.07, 6.45) is 7.00. The molecule has 0 radical (unpaired) electrons. The van der Waals surface area contributed by atoms with Crippen molar-refractivity contribution < 1.29 is 4.74 Å². The lowest BCUT2D eigenvalue weighted by atomic mass is 9.96. The lowest BCUT2D eigenvalue weighted by Crippen LogP contribution is -2.30. The van der Waals surface area contributed by atoms with Gasteiger partial charge < -0.3 is 10.1 Å². The van der Waals surface area contributed by atoms with E-state index in [-0.39, 0.29) is 0 Å². The number of ether oxygens (including phenoxy) is 1. The van der Waals surface area contributed by atoms with E-state index in [4.69, 9.17) is 4.74 Å². The first-order valence-electron chi connectivity index (χ1n) is 5.32. The highest BCUT2D eigenvalue weighted by molar-refractivity contribution is 7.99. The van der Waals surface area contributed by atoms with Crippen LogP contribution in [-0.2, 0) is 4.74 Å². The summed E-state index contributed by atoms with van der Waals surface area (Å²) in [5.41, 5.74) is 0. The molecule has 0 unspecified atom stereocenters. The molecule has 1 saturated carbocycles. The van der Waals surface area contributed by atoms with Crippen LogP contribution in [0.1, 0.15) is 39.0 Å². The third-order valence-electron chi connectivity index (χ3n) is 2.45. The van der Waals surface area contributed by atoms with E-state index < -0.39 is 0 Å². The summed E-state index contributed by atoms with van der Waals surface area (Å²) in [5, 5.41) is 3.56. The maximum atomic E-state index is 5.25. The van der Waals surface area contributed by atoms with Crippen LogP contribution < -0.4 is 5.32 Å². The van der Waals surface area contributed by atoms with E-state index in [0.717, 1.165) is 24.5 Å². The second kappa shape index (κ2) is 7.65. The molecule has 0 amide bonds. The van der Waals surface area contributed by atoms with E-state index in [1.54, 1.807) is 0 Å². The monoisotopic (exact) mass is 203 g/mol. The van der Waals surface area contributed by atoms with Crippen LogP contribution in [0.15, 0.2) is 0 Å². The highest BCUT2D eigenvalue weighted by Gasteiger charge is 2.11. The predicted octanol–water partition coefficient (Wildman–Crippen LogP) is 2.59. The van der Waals surface area contributed by atoms with Crippen LogP contribution in [0.5, 0.6) is 0 Å². The molecule has 0 bridgehead atoms. The molecule has 1 aliphatic carbocycles. The summed E-state index contributed by atoms with van der Waals surface area (Å²) in [4.78, 5) is 0. The third kappa shape index (κ3) is 5.55. The number of thioether (sulfide) groups is 1. The minimum absolute atomic E-state index is 0.780. The van der Waals surface area contributed by atoms with Gasteiger partial charge in [-0.15, -0.1) is 11.8 Å². The second-order valence-electron chi connectivity index (χ2n) is 3.50. The summed E-state index contributed by atoms with van der Waals surface area (Å²) in [5.74, 6) is 1.88. The second-order valence-corrected chi connectivity index (χ2v) is 4.43. The van der Waals surface area contributed by atoms with Crippen molar-refractivity contribution in [1.29, 1.82) is 0 Å². The van der Waals surface area contributed by atoms with Gasteiger partial charge in [0, 0.05) is 18.5 Å². The van der Waals surface area contributed by atoms with Crippen LogP contribution in [-0.4, -0.2) is 24.5 Å². The van der Waals surface area contributed by atoms with Crippen LogP contribution in [0.3, 0.4) is 0 Å². The smallest absolute Gasteiger partial charge is 0.0933 e. The topological polar surface area (TPSA) is 21.3 Å². The van der Waals surface area contributed by atoms with Gasteiger partial charge in [0.1, 0.15) is 0 Å². The van der Waals surface area contributed by atoms with E-state index in [9.17, 15) is 0 Å². The Kier molecular flexibility index (Phi) is 6.68. The standard InChI is InChI=1S/C10H21NOS/c1-2-12-9-13-8-11-10-6-4-3-5-7-10/h10-11H,2-9H2,1H3. The van der Waals surface area contributed by atoms with Gasteiger partial charge >= 0.3 is 0 Å². The van der Waals surface area contributed by atoms with Crippen molar-refractivity contribution in [3.05, 3.63) is 0 Å². The number of hydrogen-bond acceptors (Lipinski definition) is 3. The minimum Gasteiger partial charge on any atom is -0.371 e. The highest BCUT2D eigenvalue weighted by Crippen LogP contribution is 2.17. The third-order valence-corrected chi connectivity index (χ3v) is 3.15. The zero-order valence-electron chi connectivity index (χ0n) is 8.55. The fourth-order valence-electron chi connectivity index (χ4n) is 1.67. The first-order valence-corrected chi connectivity index (χ1v) is 6.48. The van der Waals surface area contributed by atoms with Crippen molar-refractivity contribution in [2.75, 3.05) is 18.4 Å². The molecule has 2 nitrogen and oxygen atoms in total. The lowest BCUT2D eigenvalue weighted by molar-refractivity contribution is 0.199. The van der Waals surface area contributed by atoms with Crippen molar-refractivity contribution in [2.24, 2.45) is 0 Å². The molecule has 1 aliphatic rings. The molecule has 0 aromatic heterocycles. The molecule has 0 aromatic rings. The SMILES string of the molecule is CCOCSCNC1CCCCC1. The van der Waals surface area contributed by atoms with Gasteiger partial charge in [0.05, 0.1) is 5.94 Å². The molecular formula is C10H21NOS. The first-order chi connectivity index (χ1) is 6.43. The molecule has 0 aliphatic heterocycles. The Morgan fingerprint density at radius 1 is 1.31 bits per heavy atom. The Hall–Kier alpha value is 0.270. The number of rotatable bonds is 6. The Morgan fingerprint density at radius 2 is 2.08 bits per heavy atom. The van der Waals surface area contributed by atoms with Gasteiger partial charge in [-0.1, -0.05) is 19.3 Å². The van der Waals surface area contributed by atoms with Crippen LogP contribution in [0.2, 0.25) is 0 Å². The summed E-state index contributed by atoms with van der Waals surface area (Å²) in [7, 11) is 0. The van der Waals surface area contributed by atoms with E-state index in [1.165, 1.54) is 32.1 Å². The lowest BCUT2D eigenvalue weighted by Gasteiger charge is -2.22. The minimum atomic E-state index is 0.780. The van der Waals surface area contributed by atoms with E-state index in [2.05, 4.69) is 5.32 Å². The predicted molar refractivity (Wildman–Crippen MR) is 59.0 cm³/mol.